The standard InChI is InChI=1S/C33H33F2NO5S/c1-20-10-11-22(34)16-29(20)40-19-26-24(14-15-28-32(26)21(2)18-33(3,4)36-28)25-13-12-23(17-30(25)39-5)41-42(37,38)31-9-7-6-8-27(31)35/h6-18,36-38H,19H2,1-5H3. The quantitative estimate of drug-likeness (QED) is 0.189. The molecule has 0 saturated heterocycles. The number of nitrogens with one attached hydrogen (secondary N) is 1. The fraction of sp³-hybridized carbons (Fsp3) is 0.212. The summed E-state index contributed by atoms with van der Waals surface area (Å²) in [4.78, 5) is -0.340. The van der Waals surface area contributed by atoms with Crippen molar-refractivity contribution in [2.75, 3.05) is 12.4 Å². The number of allylic oxidation sites excluding steroid dienone is 1. The van der Waals surface area contributed by atoms with Gasteiger partial charge in [-0.05, 0) is 80.8 Å². The largest absolute Gasteiger partial charge is 0.496 e. The van der Waals surface area contributed by atoms with Crippen LogP contribution >= 0.6 is 10.9 Å². The zero-order valence-electron chi connectivity index (χ0n) is 24.0. The molecule has 1 aliphatic rings. The van der Waals surface area contributed by atoms with Crippen LogP contribution in [0.1, 0.15) is 37.5 Å². The molecule has 5 rings (SSSR count). The Bertz CT molecular complexity index is 1690. The van der Waals surface area contributed by atoms with Crippen LogP contribution in [-0.4, -0.2) is 21.8 Å². The van der Waals surface area contributed by atoms with E-state index < -0.39 is 16.7 Å². The number of fused-ring (bicyclic) bond motifs is 1. The van der Waals surface area contributed by atoms with E-state index in [1.807, 2.05) is 26.0 Å². The lowest BCUT2D eigenvalue weighted by Gasteiger charge is -2.33. The molecule has 9 heteroatoms. The number of benzene rings is 4. The smallest absolute Gasteiger partial charge is 0.164 e. The average Bonchev–Trinajstić information content (AvgIpc) is 2.92. The van der Waals surface area contributed by atoms with Gasteiger partial charge in [0.05, 0.1) is 12.6 Å². The molecular formula is C33H33F2NO5S. The highest BCUT2D eigenvalue weighted by atomic mass is 32.3. The molecule has 0 fully saturated rings. The predicted octanol–water partition coefficient (Wildman–Crippen LogP) is 9.24. The predicted molar refractivity (Wildman–Crippen MR) is 163 cm³/mol. The van der Waals surface area contributed by atoms with Crippen molar-refractivity contribution in [2.24, 2.45) is 0 Å². The van der Waals surface area contributed by atoms with Crippen LogP contribution < -0.4 is 19.0 Å². The normalized spacial score (nSPS) is 14.4. The lowest BCUT2D eigenvalue weighted by molar-refractivity contribution is 0.302. The van der Waals surface area contributed by atoms with Crippen molar-refractivity contribution in [3.05, 3.63) is 107 Å². The van der Waals surface area contributed by atoms with E-state index in [1.54, 1.807) is 18.2 Å². The van der Waals surface area contributed by atoms with Crippen LogP contribution in [0.2, 0.25) is 0 Å². The molecule has 1 aliphatic heterocycles. The fourth-order valence-corrected chi connectivity index (χ4v) is 6.31. The molecule has 0 amide bonds. The number of halogens is 2. The highest BCUT2D eigenvalue weighted by Crippen LogP contribution is 2.51. The molecule has 0 atom stereocenters. The van der Waals surface area contributed by atoms with Gasteiger partial charge in [-0.1, -0.05) is 30.3 Å². The third-order valence-corrected chi connectivity index (χ3v) is 8.39. The Labute approximate surface area is 246 Å². The van der Waals surface area contributed by atoms with E-state index in [-0.39, 0.29) is 28.6 Å². The maximum Gasteiger partial charge on any atom is 0.164 e. The van der Waals surface area contributed by atoms with E-state index in [2.05, 4.69) is 25.2 Å². The van der Waals surface area contributed by atoms with Crippen molar-refractivity contribution in [1.82, 2.24) is 0 Å². The summed E-state index contributed by atoms with van der Waals surface area (Å²) in [7, 11) is -2.43. The van der Waals surface area contributed by atoms with E-state index in [0.717, 1.165) is 39.6 Å². The summed E-state index contributed by atoms with van der Waals surface area (Å²) in [6, 6.07) is 18.6. The number of hydrogen-bond acceptors (Lipinski definition) is 6. The van der Waals surface area contributed by atoms with E-state index in [0.29, 0.717) is 17.1 Å². The molecule has 0 aromatic heterocycles. The lowest BCUT2D eigenvalue weighted by Crippen LogP contribution is -2.32. The molecule has 0 aliphatic carbocycles. The topological polar surface area (TPSA) is 80.2 Å². The Balaban J connectivity index is 1.58. The highest BCUT2D eigenvalue weighted by molar-refractivity contribution is 8.20. The van der Waals surface area contributed by atoms with Crippen molar-refractivity contribution < 1.29 is 31.5 Å². The molecule has 6 nitrogen and oxygen atoms in total. The van der Waals surface area contributed by atoms with Gasteiger partial charge in [-0.25, -0.2) is 8.78 Å². The van der Waals surface area contributed by atoms with Gasteiger partial charge < -0.3 is 19.0 Å². The molecule has 0 unspecified atom stereocenters. The average molecular weight is 594 g/mol. The van der Waals surface area contributed by atoms with Gasteiger partial charge >= 0.3 is 0 Å². The maximum atomic E-state index is 14.3. The molecule has 0 bridgehead atoms. The van der Waals surface area contributed by atoms with E-state index in [4.69, 9.17) is 13.7 Å². The van der Waals surface area contributed by atoms with Gasteiger partial charge in [0, 0.05) is 34.5 Å². The van der Waals surface area contributed by atoms with Gasteiger partial charge in [0.1, 0.15) is 40.4 Å². The second-order valence-electron chi connectivity index (χ2n) is 10.8. The Kier molecular flexibility index (Phi) is 7.94. The van der Waals surface area contributed by atoms with Crippen LogP contribution in [0.15, 0.2) is 83.8 Å². The lowest BCUT2D eigenvalue weighted by atomic mass is 9.85. The first-order valence-corrected chi connectivity index (χ1v) is 14.8. The number of hydrogen-bond donors (Lipinski definition) is 3. The third-order valence-electron chi connectivity index (χ3n) is 7.06. The van der Waals surface area contributed by atoms with Crippen molar-refractivity contribution in [1.29, 1.82) is 0 Å². The van der Waals surface area contributed by atoms with Crippen molar-refractivity contribution in [2.45, 2.75) is 44.7 Å². The monoisotopic (exact) mass is 593 g/mol. The molecular weight excluding hydrogens is 560 g/mol. The van der Waals surface area contributed by atoms with Crippen LogP contribution in [0.25, 0.3) is 16.7 Å². The Morgan fingerprint density at radius 1 is 0.881 bits per heavy atom. The Morgan fingerprint density at radius 3 is 2.36 bits per heavy atom. The first-order chi connectivity index (χ1) is 19.9. The van der Waals surface area contributed by atoms with Gasteiger partial charge in [0.2, 0.25) is 0 Å². The SMILES string of the molecule is COc1cc(OS(O)(O)c2ccccc2F)ccc1-c1ccc2c(c1COc1cc(F)ccc1C)C(C)=CC(C)(C)N2. The highest BCUT2D eigenvalue weighted by Gasteiger charge is 2.29. The summed E-state index contributed by atoms with van der Waals surface area (Å²) in [5, 5.41) is 3.56. The number of anilines is 1. The van der Waals surface area contributed by atoms with Crippen LogP contribution in [0.4, 0.5) is 14.5 Å². The van der Waals surface area contributed by atoms with Gasteiger partial charge in [-0.15, -0.1) is 0 Å². The molecule has 4 aromatic rings. The van der Waals surface area contributed by atoms with Crippen LogP contribution in [0.5, 0.6) is 17.2 Å². The summed E-state index contributed by atoms with van der Waals surface area (Å²) in [5.41, 5.74) is 5.88. The zero-order valence-corrected chi connectivity index (χ0v) is 24.8. The molecule has 220 valence electrons. The van der Waals surface area contributed by atoms with Crippen LogP contribution in [0, 0.1) is 18.6 Å². The summed E-state index contributed by atoms with van der Waals surface area (Å²) >= 11 is 0. The van der Waals surface area contributed by atoms with Crippen LogP contribution in [0.3, 0.4) is 0 Å². The van der Waals surface area contributed by atoms with Gasteiger partial charge in [-0.2, -0.15) is 0 Å². The molecule has 4 aromatic carbocycles. The molecule has 0 spiro atoms. The number of methoxy groups -OCH3 is 1. The number of aryl methyl sites for hydroxylation is 1. The maximum absolute atomic E-state index is 14.3. The van der Waals surface area contributed by atoms with Crippen LogP contribution in [-0.2, 0) is 6.61 Å². The first-order valence-electron chi connectivity index (χ1n) is 13.3. The van der Waals surface area contributed by atoms with Gasteiger partial charge in [0.15, 0.2) is 10.9 Å². The molecule has 0 saturated carbocycles. The van der Waals surface area contributed by atoms with Crippen molar-refractivity contribution in [3.8, 4) is 28.4 Å². The van der Waals surface area contributed by atoms with Crippen molar-refractivity contribution >= 4 is 22.1 Å². The second-order valence-corrected chi connectivity index (χ2v) is 12.4. The minimum Gasteiger partial charge on any atom is -0.496 e. The van der Waals surface area contributed by atoms with Gasteiger partial charge in [-0.3, -0.25) is 9.11 Å². The number of ether oxygens (including phenoxy) is 2. The molecule has 0 radical (unpaired) electrons. The fourth-order valence-electron chi connectivity index (χ4n) is 5.27. The molecule has 3 N–H and O–H groups in total. The van der Waals surface area contributed by atoms with E-state index in [9.17, 15) is 17.9 Å². The Hall–Kier alpha value is -4.05. The van der Waals surface area contributed by atoms with E-state index in [1.165, 1.54) is 43.5 Å². The van der Waals surface area contributed by atoms with E-state index >= 15 is 0 Å². The third kappa shape index (κ3) is 5.94. The summed E-state index contributed by atoms with van der Waals surface area (Å²) in [5.74, 6) is -0.245. The minimum absolute atomic E-state index is 0.0875. The zero-order chi connectivity index (χ0) is 30.2. The summed E-state index contributed by atoms with van der Waals surface area (Å²) in [6.07, 6.45) is 2.15. The Morgan fingerprint density at radius 2 is 1.62 bits per heavy atom. The first kappa shape index (κ1) is 29.4. The molecule has 1 heterocycles. The van der Waals surface area contributed by atoms with Gasteiger partial charge in [0.25, 0.3) is 0 Å². The number of rotatable bonds is 8. The minimum atomic E-state index is -3.93. The van der Waals surface area contributed by atoms with Crippen molar-refractivity contribution in [3.63, 3.8) is 0 Å². The summed E-state index contributed by atoms with van der Waals surface area (Å²) in [6.45, 7) is 8.23. The molecule has 42 heavy (non-hydrogen) atoms. The summed E-state index contributed by atoms with van der Waals surface area (Å²) < 4.78 is 66.9. The second kappa shape index (κ2) is 11.3.